The van der Waals surface area contributed by atoms with Gasteiger partial charge in [-0.3, -0.25) is 0 Å². The molecule has 2 heterocycles. The van der Waals surface area contributed by atoms with Crippen molar-refractivity contribution in [3.63, 3.8) is 0 Å². The maximum Gasteiger partial charge on any atom is 0.0119 e. The molecule has 0 saturated carbocycles. The molecule has 2 atom stereocenters. The molecule has 2 N–H and O–H groups in total. The van der Waals surface area contributed by atoms with E-state index in [1.807, 2.05) is 0 Å². The minimum Gasteiger partial charge on any atom is -0.316 e. The second-order valence-electron chi connectivity index (χ2n) is 7.82. The second-order valence-corrected chi connectivity index (χ2v) is 7.82. The SMILES string of the molecule is CC(C)(CCC(C)(C)C1CCCN1)C1CCNC1. The van der Waals surface area contributed by atoms with Gasteiger partial charge in [-0.1, -0.05) is 27.7 Å². The van der Waals surface area contributed by atoms with Crippen molar-refractivity contribution in [1.82, 2.24) is 10.6 Å². The van der Waals surface area contributed by atoms with E-state index in [-0.39, 0.29) is 0 Å². The van der Waals surface area contributed by atoms with Gasteiger partial charge in [0.25, 0.3) is 0 Å². The third-order valence-corrected chi connectivity index (χ3v) is 5.58. The first kappa shape index (κ1) is 14.3. The highest BCUT2D eigenvalue weighted by Gasteiger charge is 2.36. The molecule has 0 aromatic carbocycles. The van der Waals surface area contributed by atoms with Crippen molar-refractivity contribution in [2.75, 3.05) is 19.6 Å². The third-order valence-electron chi connectivity index (χ3n) is 5.58. The van der Waals surface area contributed by atoms with Gasteiger partial charge in [-0.15, -0.1) is 0 Å². The van der Waals surface area contributed by atoms with E-state index in [4.69, 9.17) is 0 Å². The summed E-state index contributed by atoms with van der Waals surface area (Å²) in [5.74, 6) is 0.879. The van der Waals surface area contributed by atoms with Crippen molar-refractivity contribution in [3.05, 3.63) is 0 Å². The van der Waals surface area contributed by atoms with Crippen LogP contribution >= 0.6 is 0 Å². The van der Waals surface area contributed by atoms with Crippen molar-refractivity contribution < 1.29 is 0 Å². The lowest BCUT2D eigenvalue weighted by atomic mass is 9.69. The summed E-state index contributed by atoms with van der Waals surface area (Å²) in [7, 11) is 0. The average molecular weight is 252 g/mol. The van der Waals surface area contributed by atoms with Gasteiger partial charge < -0.3 is 10.6 Å². The van der Waals surface area contributed by atoms with E-state index >= 15 is 0 Å². The molecule has 2 nitrogen and oxygen atoms in total. The molecule has 2 rings (SSSR count). The zero-order valence-electron chi connectivity index (χ0n) is 12.8. The largest absolute Gasteiger partial charge is 0.316 e. The maximum atomic E-state index is 3.69. The lowest BCUT2D eigenvalue weighted by Crippen LogP contribution is -2.38. The topological polar surface area (TPSA) is 24.1 Å². The van der Waals surface area contributed by atoms with E-state index in [0.29, 0.717) is 10.8 Å². The highest BCUT2D eigenvalue weighted by Crippen LogP contribution is 2.41. The lowest BCUT2D eigenvalue weighted by Gasteiger charge is -2.38. The van der Waals surface area contributed by atoms with Gasteiger partial charge in [-0.2, -0.15) is 0 Å². The Balaban J connectivity index is 1.85. The maximum absolute atomic E-state index is 3.69. The minimum atomic E-state index is 0.458. The van der Waals surface area contributed by atoms with Crippen molar-refractivity contribution >= 4 is 0 Å². The molecule has 2 fully saturated rings. The van der Waals surface area contributed by atoms with Gasteiger partial charge in [0.2, 0.25) is 0 Å². The minimum absolute atomic E-state index is 0.458. The Morgan fingerprint density at radius 3 is 2.22 bits per heavy atom. The number of hydrogen-bond acceptors (Lipinski definition) is 2. The van der Waals surface area contributed by atoms with Crippen LogP contribution in [0.5, 0.6) is 0 Å². The summed E-state index contributed by atoms with van der Waals surface area (Å²) in [4.78, 5) is 0. The molecule has 0 radical (unpaired) electrons. The van der Waals surface area contributed by atoms with Gasteiger partial charge >= 0.3 is 0 Å². The first-order chi connectivity index (χ1) is 8.42. The molecule has 0 aliphatic carbocycles. The van der Waals surface area contributed by atoms with Gasteiger partial charge in [0, 0.05) is 6.04 Å². The summed E-state index contributed by atoms with van der Waals surface area (Å²) < 4.78 is 0. The van der Waals surface area contributed by atoms with Gasteiger partial charge in [-0.05, 0) is 68.5 Å². The number of nitrogens with one attached hydrogen (secondary N) is 2. The standard InChI is InChI=1S/C16H32N2/c1-15(2,13-7-11-17-12-13)8-9-16(3,4)14-6-5-10-18-14/h13-14,17-18H,5-12H2,1-4H3. The predicted molar refractivity (Wildman–Crippen MR) is 78.8 cm³/mol. The Morgan fingerprint density at radius 1 is 0.944 bits per heavy atom. The zero-order valence-corrected chi connectivity index (χ0v) is 12.8. The quantitative estimate of drug-likeness (QED) is 0.785. The molecule has 0 amide bonds. The highest BCUT2D eigenvalue weighted by atomic mass is 15.0. The first-order valence-electron chi connectivity index (χ1n) is 7.86. The molecule has 2 aliphatic heterocycles. The summed E-state index contributed by atoms with van der Waals surface area (Å²) >= 11 is 0. The van der Waals surface area contributed by atoms with Crippen LogP contribution in [0.3, 0.4) is 0 Å². The number of hydrogen-bond donors (Lipinski definition) is 2. The van der Waals surface area contributed by atoms with Crippen LogP contribution in [0.4, 0.5) is 0 Å². The molecule has 2 saturated heterocycles. The fourth-order valence-electron chi connectivity index (χ4n) is 3.70. The van der Waals surface area contributed by atoms with Crippen molar-refractivity contribution in [2.24, 2.45) is 16.7 Å². The van der Waals surface area contributed by atoms with Gasteiger partial charge in [0.15, 0.2) is 0 Å². The van der Waals surface area contributed by atoms with Gasteiger partial charge in [0.05, 0.1) is 0 Å². The van der Waals surface area contributed by atoms with Crippen LogP contribution in [0, 0.1) is 16.7 Å². The molecule has 2 unspecified atom stereocenters. The van der Waals surface area contributed by atoms with Crippen LogP contribution in [0.1, 0.15) is 59.8 Å². The summed E-state index contributed by atoms with van der Waals surface area (Å²) in [6, 6.07) is 0.745. The second kappa shape index (κ2) is 5.50. The van der Waals surface area contributed by atoms with E-state index < -0.39 is 0 Å². The zero-order chi connectivity index (χ0) is 13.2. The molecular formula is C16H32N2. The fraction of sp³-hybridized carbons (Fsp3) is 1.00. The monoisotopic (exact) mass is 252 g/mol. The van der Waals surface area contributed by atoms with E-state index in [9.17, 15) is 0 Å². The van der Waals surface area contributed by atoms with Crippen LogP contribution < -0.4 is 10.6 Å². The van der Waals surface area contributed by atoms with Crippen LogP contribution in [0.2, 0.25) is 0 Å². The van der Waals surface area contributed by atoms with Gasteiger partial charge in [0.1, 0.15) is 0 Å². The fourth-order valence-corrected chi connectivity index (χ4v) is 3.70. The molecule has 2 heteroatoms. The Hall–Kier alpha value is -0.0800. The molecule has 0 spiro atoms. The molecule has 0 aromatic rings. The third kappa shape index (κ3) is 3.27. The average Bonchev–Trinajstić information content (AvgIpc) is 2.99. The van der Waals surface area contributed by atoms with Crippen molar-refractivity contribution in [2.45, 2.75) is 65.8 Å². The van der Waals surface area contributed by atoms with Crippen LogP contribution in [-0.4, -0.2) is 25.7 Å². The van der Waals surface area contributed by atoms with Crippen molar-refractivity contribution in [1.29, 1.82) is 0 Å². The van der Waals surface area contributed by atoms with Crippen LogP contribution in [0.15, 0.2) is 0 Å². The first-order valence-corrected chi connectivity index (χ1v) is 7.86. The molecule has 18 heavy (non-hydrogen) atoms. The smallest absolute Gasteiger partial charge is 0.0119 e. The van der Waals surface area contributed by atoms with Gasteiger partial charge in [-0.25, -0.2) is 0 Å². The molecule has 106 valence electrons. The van der Waals surface area contributed by atoms with E-state index in [1.165, 1.54) is 51.7 Å². The lowest BCUT2D eigenvalue weighted by molar-refractivity contribution is 0.149. The molecule has 0 bridgehead atoms. The Bertz CT molecular complexity index is 230. The van der Waals surface area contributed by atoms with Crippen LogP contribution in [0.25, 0.3) is 0 Å². The number of rotatable bonds is 5. The van der Waals surface area contributed by atoms with Crippen molar-refractivity contribution in [3.8, 4) is 0 Å². The molecule has 2 aliphatic rings. The van der Waals surface area contributed by atoms with E-state index in [2.05, 4.69) is 38.3 Å². The Morgan fingerprint density at radius 2 is 1.67 bits per heavy atom. The summed E-state index contributed by atoms with van der Waals surface area (Å²) in [6.45, 7) is 13.5. The Kier molecular flexibility index (Phi) is 4.38. The molecule has 0 aromatic heterocycles. The van der Waals surface area contributed by atoms with E-state index in [1.54, 1.807) is 0 Å². The van der Waals surface area contributed by atoms with E-state index in [0.717, 1.165) is 12.0 Å². The van der Waals surface area contributed by atoms with Crippen LogP contribution in [-0.2, 0) is 0 Å². The normalized spacial score (nSPS) is 30.0. The molecular weight excluding hydrogens is 220 g/mol. The summed E-state index contributed by atoms with van der Waals surface area (Å²) in [6.07, 6.45) is 6.83. The highest BCUT2D eigenvalue weighted by molar-refractivity contribution is 4.91. The summed E-state index contributed by atoms with van der Waals surface area (Å²) in [5.41, 5.74) is 0.958. The Labute approximate surface area is 113 Å². The predicted octanol–water partition coefficient (Wildman–Crippen LogP) is 3.18. The summed E-state index contributed by atoms with van der Waals surface area (Å²) in [5, 5.41) is 7.21.